The van der Waals surface area contributed by atoms with Crippen molar-refractivity contribution in [1.29, 1.82) is 0 Å². The van der Waals surface area contributed by atoms with E-state index in [4.69, 9.17) is 0 Å². The first kappa shape index (κ1) is 11.5. The molecule has 1 aromatic carbocycles. The molecule has 2 aromatic rings. The van der Waals surface area contributed by atoms with Crippen molar-refractivity contribution >= 4 is 23.0 Å². The number of rotatable bonds is 3. The lowest BCUT2D eigenvalue weighted by Crippen LogP contribution is -2.18. The molecule has 0 saturated heterocycles. The van der Waals surface area contributed by atoms with E-state index < -0.39 is 0 Å². The third kappa shape index (κ3) is 3.01. The molecule has 1 amide bonds. The quantitative estimate of drug-likeness (QED) is 0.654. The van der Waals surface area contributed by atoms with Gasteiger partial charge in [-0.25, -0.2) is 5.43 Å². The van der Waals surface area contributed by atoms with Crippen LogP contribution in [-0.4, -0.2) is 11.6 Å². The molecular weight excluding hydrogens is 232 g/mol. The molecule has 4 heteroatoms. The molecule has 86 valence electrons. The van der Waals surface area contributed by atoms with Crippen molar-refractivity contribution in [1.82, 2.24) is 5.43 Å². The second kappa shape index (κ2) is 5.41. The van der Waals surface area contributed by atoms with Crippen LogP contribution in [0.25, 0.3) is 0 Å². The van der Waals surface area contributed by atoms with Crippen molar-refractivity contribution in [3.8, 4) is 0 Å². The summed E-state index contributed by atoms with van der Waals surface area (Å²) in [5.41, 5.74) is 4.33. The zero-order chi connectivity index (χ0) is 12.1. The van der Waals surface area contributed by atoms with E-state index in [0.717, 1.165) is 11.3 Å². The molecule has 0 radical (unpaired) electrons. The molecule has 0 unspecified atom stereocenters. The summed E-state index contributed by atoms with van der Waals surface area (Å²) in [6, 6.07) is 13.3. The lowest BCUT2D eigenvalue weighted by Gasteiger charge is -2.01. The molecule has 0 saturated carbocycles. The van der Waals surface area contributed by atoms with E-state index in [9.17, 15) is 4.79 Å². The fraction of sp³-hybridized carbons (Fsp3) is 0.0769. The number of thiophene rings is 1. The Bertz CT molecular complexity index is 518. The second-order valence-corrected chi connectivity index (χ2v) is 4.43. The number of amides is 1. The highest BCUT2D eigenvalue weighted by Gasteiger charge is 2.04. The first-order chi connectivity index (χ1) is 8.27. The summed E-state index contributed by atoms with van der Waals surface area (Å²) in [7, 11) is 0. The summed E-state index contributed by atoms with van der Waals surface area (Å²) in [5, 5.41) is 5.94. The maximum Gasteiger partial charge on any atom is 0.281 e. The number of hydrazone groups is 1. The van der Waals surface area contributed by atoms with Gasteiger partial charge in [0, 0.05) is 0 Å². The van der Waals surface area contributed by atoms with Crippen LogP contribution in [0.5, 0.6) is 0 Å². The third-order valence-electron chi connectivity index (χ3n) is 2.26. The Balaban J connectivity index is 2.04. The molecule has 1 heterocycles. The highest BCUT2D eigenvalue weighted by molar-refractivity contribution is 7.12. The predicted molar refractivity (Wildman–Crippen MR) is 70.4 cm³/mol. The molecule has 0 bridgehead atoms. The summed E-state index contributed by atoms with van der Waals surface area (Å²) in [6.45, 7) is 1.87. The van der Waals surface area contributed by atoms with E-state index in [2.05, 4.69) is 10.5 Å². The minimum atomic E-state index is -0.171. The Morgan fingerprint density at radius 3 is 2.59 bits per heavy atom. The summed E-state index contributed by atoms with van der Waals surface area (Å²) >= 11 is 1.40. The van der Waals surface area contributed by atoms with Crippen LogP contribution >= 0.6 is 11.3 Å². The predicted octanol–water partition coefficient (Wildman–Crippen LogP) is 2.90. The Kier molecular flexibility index (Phi) is 3.67. The van der Waals surface area contributed by atoms with Crippen LogP contribution in [0.15, 0.2) is 52.9 Å². The van der Waals surface area contributed by atoms with Crippen LogP contribution in [-0.2, 0) is 0 Å². The van der Waals surface area contributed by atoms with Gasteiger partial charge >= 0.3 is 0 Å². The van der Waals surface area contributed by atoms with Gasteiger partial charge in [0.2, 0.25) is 0 Å². The van der Waals surface area contributed by atoms with Gasteiger partial charge < -0.3 is 0 Å². The number of nitrogens with zero attached hydrogens (tertiary/aromatic N) is 1. The summed E-state index contributed by atoms with van der Waals surface area (Å²) in [5.74, 6) is -0.171. The zero-order valence-electron chi connectivity index (χ0n) is 9.38. The lowest BCUT2D eigenvalue weighted by atomic mass is 10.1. The van der Waals surface area contributed by atoms with Crippen LogP contribution in [0.1, 0.15) is 22.2 Å². The fourth-order valence-electron chi connectivity index (χ4n) is 1.34. The standard InChI is InChI=1S/C13H12N2OS/c1-10(11-6-3-2-4-7-11)14-15-13(16)12-8-5-9-17-12/h2-9H,1H3,(H,15,16). The molecule has 3 nitrogen and oxygen atoms in total. The molecule has 0 aliphatic heterocycles. The van der Waals surface area contributed by atoms with E-state index in [1.165, 1.54) is 11.3 Å². The van der Waals surface area contributed by atoms with Crippen molar-refractivity contribution < 1.29 is 4.79 Å². The SMILES string of the molecule is CC(=NNC(=O)c1cccs1)c1ccccc1. The van der Waals surface area contributed by atoms with E-state index in [-0.39, 0.29) is 5.91 Å². The Hall–Kier alpha value is -1.94. The van der Waals surface area contributed by atoms with Crippen LogP contribution in [0.3, 0.4) is 0 Å². The summed E-state index contributed by atoms with van der Waals surface area (Å²) < 4.78 is 0. The average Bonchev–Trinajstić information content (AvgIpc) is 2.90. The first-order valence-corrected chi connectivity index (χ1v) is 6.09. The monoisotopic (exact) mass is 244 g/mol. The number of nitrogens with one attached hydrogen (secondary N) is 1. The maximum absolute atomic E-state index is 11.6. The number of carbonyl (C=O) groups is 1. The third-order valence-corrected chi connectivity index (χ3v) is 3.13. The number of hydrogen-bond donors (Lipinski definition) is 1. The van der Waals surface area contributed by atoms with Gasteiger partial charge in [0.1, 0.15) is 0 Å². The maximum atomic E-state index is 11.6. The van der Waals surface area contributed by atoms with Crippen LogP contribution in [0, 0.1) is 0 Å². The Morgan fingerprint density at radius 2 is 1.94 bits per heavy atom. The zero-order valence-corrected chi connectivity index (χ0v) is 10.2. The van der Waals surface area contributed by atoms with Gasteiger partial charge in [0.05, 0.1) is 10.6 Å². The highest BCUT2D eigenvalue weighted by atomic mass is 32.1. The number of benzene rings is 1. The molecule has 0 aliphatic carbocycles. The van der Waals surface area contributed by atoms with Gasteiger partial charge in [-0.3, -0.25) is 4.79 Å². The van der Waals surface area contributed by atoms with Crippen molar-refractivity contribution in [2.45, 2.75) is 6.92 Å². The van der Waals surface area contributed by atoms with Crippen molar-refractivity contribution in [3.05, 3.63) is 58.3 Å². The molecule has 1 N–H and O–H groups in total. The van der Waals surface area contributed by atoms with Crippen LogP contribution in [0.2, 0.25) is 0 Å². The fourth-order valence-corrected chi connectivity index (χ4v) is 1.95. The molecule has 0 spiro atoms. The highest BCUT2D eigenvalue weighted by Crippen LogP contribution is 2.07. The van der Waals surface area contributed by atoms with E-state index in [1.54, 1.807) is 6.07 Å². The summed E-state index contributed by atoms with van der Waals surface area (Å²) in [4.78, 5) is 12.3. The van der Waals surface area contributed by atoms with Gasteiger partial charge in [0.15, 0.2) is 0 Å². The molecule has 0 atom stereocenters. The largest absolute Gasteiger partial charge is 0.281 e. The van der Waals surface area contributed by atoms with Gasteiger partial charge in [-0.1, -0.05) is 36.4 Å². The Labute approximate surface area is 104 Å². The van der Waals surface area contributed by atoms with E-state index in [1.807, 2.05) is 48.7 Å². The minimum Gasteiger partial charge on any atom is -0.266 e. The second-order valence-electron chi connectivity index (χ2n) is 3.48. The van der Waals surface area contributed by atoms with Gasteiger partial charge in [-0.15, -0.1) is 11.3 Å². The Morgan fingerprint density at radius 1 is 1.18 bits per heavy atom. The van der Waals surface area contributed by atoms with Crippen molar-refractivity contribution in [2.24, 2.45) is 5.10 Å². The molecule has 1 aromatic heterocycles. The number of carbonyl (C=O) groups excluding carboxylic acids is 1. The molecule has 17 heavy (non-hydrogen) atoms. The van der Waals surface area contributed by atoms with E-state index in [0.29, 0.717) is 4.88 Å². The first-order valence-electron chi connectivity index (χ1n) is 5.21. The van der Waals surface area contributed by atoms with Gasteiger partial charge in [-0.2, -0.15) is 5.10 Å². The average molecular weight is 244 g/mol. The van der Waals surface area contributed by atoms with Crippen molar-refractivity contribution in [2.75, 3.05) is 0 Å². The van der Waals surface area contributed by atoms with Gasteiger partial charge in [-0.05, 0) is 23.9 Å². The molecule has 0 aliphatic rings. The smallest absolute Gasteiger partial charge is 0.266 e. The normalized spacial score (nSPS) is 11.2. The van der Waals surface area contributed by atoms with Crippen LogP contribution < -0.4 is 5.43 Å². The van der Waals surface area contributed by atoms with E-state index >= 15 is 0 Å². The summed E-state index contributed by atoms with van der Waals surface area (Å²) in [6.07, 6.45) is 0. The van der Waals surface area contributed by atoms with Crippen molar-refractivity contribution in [3.63, 3.8) is 0 Å². The molecular formula is C13H12N2OS. The topological polar surface area (TPSA) is 41.5 Å². The molecule has 2 rings (SSSR count). The van der Waals surface area contributed by atoms with Gasteiger partial charge in [0.25, 0.3) is 5.91 Å². The number of hydrogen-bond acceptors (Lipinski definition) is 3. The molecule has 0 fully saturated rings. The van der Waals surface area contributed by atoms with Crippen LogP contribution in [0.4, 0.5) is 0 Å². The lowest BCUT2D eigenvalue weighted by molar-refractivity contribution is 0.0959. The minimum absolute atomic E-state index is 0.171.